The van der Waals surface area contributed by atoms with Crippen LogP contribution in [0, 0.1) is 19.3 Å². The van der Waals surface area contributed by atoms with E-state index in [1.807, 2.05) is 49.6 Å². The third-order valence-electron chi connectivity index (χ3n) is 4.72. The van der Waals surface area contributed by atoms with Crippen LogP contribution in [0.3, 0.4) is 0 Å². The summed E-state index contributed by atoms with van der Waals surface area (Å²) in [6.07, 6.45) is 0. The molecule has 5 heteroatoms. The number of Topliss-reactive ketones (excluding diaryl/α,β-unsaturated/α-hetero) is 1. The summed E-state index contributed by atoms with van der Waals surface area (Å²) >= 11 is 1.47. The van der Waals surface area contributed by atoms with Crippen LogP contribution in [0.2, 0.25) is 0 Å². The highest BCUT2D eigenvalue weighted by Crippen LogP contribution is 2.44. The fourth-order valence-corrected chi connectivity index (χ4v) is 3.92. The molecule has 2 heterocycles. The maximum Gasteiger partial charge on any atom is 0.294 e. The maximum absolute atomic E-state index is 13.0. The molecule has 0 aliphatic carbocycles. The molecule has 1 aliphatic heterocycles. The van der Waals surface area contributed by atoms with Crippen LogP contribution < -0.4 is 4.90 Å². The lowest BCUT2D eigenvalue weighted by atomic mass is 9.83. The predicted octanol–water partition coefficient (Wildman–Crippen LogP) is 4.88. The number of rotatable bonds is 3. The second-order valence-electron chi connectivity index (χ2n) is 7.70. The van der Waals surface area contributed by atoms with Gasteiger partial charge in [0.05, 0.1) is 5.57 Å². The zero-order chi connectivity index (χ0) is 19.2. The van der Waals surface area contributed by atoms with Crippen LogP contribution in [0.5, 0.6) is 0 Å². The normalized spacial score (nSPS) is 18.0. The third kappa shape index (κ3) is 2.97. The van der Waals surface area contributed by atoms with Crippen molar-refractivity contribution in [2.75, 3.05) is 4.90 Å². The van der Waals surface area contributed by atoms with Crippen molar-refractivity contribution in [3.63, 3.8) is 0 Å². The van der Waals surface area contributed by atoms with Crippen molar-refractivity contribution in [1.29, 1.82) is 0 Å². The summed E-state index contributed by atoms with van der Waals surface area (Å²) < 4.78 is 0. The molecule has 1 N–H and O–H groups in total. The third-order valence-corrected chi connectivity index (χ3v) is 5.64. The summed E-state index contributed by atoms with van der Waals surface area (Å²) in [7, 11) is 0. The van der Waals surface area contributed by atoms with Gasteiger partial charge in [0.2, 0.25) is 0 Å². The van der Waals surface area contributed by atoms with E-state index in [0.717, 1.165) is 16.0 Å². The van der Waals surface area contributed by atoms with E-state index in [1.165, 1.54) is 16.2 Å². The monoisotopic (exact) mass is 369 g/mol. The Kier molecular flexibility index (Phi) is 4.53. The lowest BCUT2D eigenvalue weighted by Gasteiger charge is -2.28. The largest absolute Gasteiger partial charge is 0.503 e. The Labute approximate surface area is 157 Å². The lowest BCUT2D eigenvalue weighted by Crippen LogP contribution is -2.32. The minimum Gasteiger partial charge on any atom is -0.503 e. The number of thiophene rings is 1. The zero-order valence-corrected chi connectivity index (χ0v) is 16.5. The first-order chi connectivity index (χ1) is 12.1. The molecule has 26 heavy (non-hydrogen) atoms. The summed E-state index contributed by atoms with van der Waals surface area (Å²) in [5.74, 6) is -1.19. The van der Waals surface area contributed by atoms with E-state index in [1.54, 1.807) is 20.8 Å². The van der Waals surface area contributed by atoms with Gasteiger partial charge < -0.3 is 5.11 Å². The Morgan fingerprint density at radius 3 is 2.38 bits per heavy atom. The summed E-state index contributed by atoms with van der Waals surface area (Å²) in [6.45, 7) is 9.37. The number of amides is 1. The van der Waals surface area contributed by atoms with Crippen LogP contribution in [-0.4, -0.2) is 16.8 Å². The smallest absolute Gasteiger partial charge is 0.294 e. The summed E-state index contributed by atoms with van der Waals surface area (Å²) in [5.41, 5.74) is 2.34. The van der Waals surface area contributed by atoms with Gasteiger partial charge in [0.15, 0.2) is 11.5 Å². The van der Waals surface area contributed by atoms with E-state index in [9.17, 15) is 14.7 Å². The minimum atomic E-state index is -0.696. The SMILES string of the molecule is Cc1ccc(N2C(=O)C(O)=C(C(=O)C(C)(C)C)C2c2cccs2)cc1C. The quantitative estimate of drug-likeness (QED) is 0.839. The number of carbonyl (C=O) groups is 2. The first-order valence-corrected chi connectivity index (χ1v) is 9.43. The maximum atomic E-state index is 13.0. The number of aliphatic hydroxyl groups excluding tert-OH is 1. The van der Waals surface area contributed by atoms with Crippen molar-refractivity contribution >= 4 is 28.7 Å². The Hall–Kier alpha value is -2.40. The van der Waals surface area contributed by atoms with Gasteiger partial charge in [0.1, 0.15) is 6.04 Å². The molecule has 0 saturated heterocycles. The number of benzene rings is 1. The van der Waals surface area contributed by atoms with E-state index in [4.69, 9.17) is 0 Å². The summed E-state index contributed by atoms with van der Waals surface area (Å²) in [6, 6.07) is 8.91. The molecule has 1 aromatic heterocycles. The molecule has 0 bridgehead atoms. The molecule has 0 radical (unpaired) electrons. The second-order valence-corrected chi connectivity index (χ2v) is 8.68. The highest BCUT2D eigenvalue weighted by atomic mass is 32.1. The van der Waals surface area contributed by atoms with E-state index in [-0.39, 0.29) is 11.4 Å². The second kappa shape index (κ2) is 6.40. The Balaban J connectivity index is 2.18. The molecule has 1 unspecified atom stereocenters. The van der Waals surface area contributed by atoms with E-state index < -0.39 is 23.1 Å². The number of hydrogen-bond acceptors (Lipinski definition) is 4. The van der Waals surface area contributed by atoms with Gasteiger partial charge in [-0.1, -0.05) is 32.9 Å². The van der Waals surface area contributed by atoms with Crippen LogP contribution >= 0.6 is 11.3 Å². The first kappa shape index (κ1) is 18.4. The Morgan fingerprint density at radius 1 is 1.15 bits per heavy atom. The topological polar surface area (TPSA) is 57.6 Å². The van der Waals surface area contributed by atoms with Gasteiger partial charge in [0, 0.05) is 16.0 Å². The molecule has 4 nitrogen and oxygen atoms in total. The van der Waals surface area contributed by atoms with Crippen molar-refractivity contribution in [1.82, 2.24) is 0 Å². The van der Waals surface area contributed by atoms with Crippen molar-refractivity contribution in [3.8, 4) is 0 Å². The fraction of sp³-hybridized carbons (Fsp3) is 0.333. The Morgan fingerprint density at radius 2 is 1.85 bits per heavy atom. The number of aryl methyl sites for hydroxylation is 2. The van der Waals surface area contributed by atoms with E-state index in [2.05, 4.69) is 0 Å². The molecule has 1 aliphatic rings. The summed E-state index contributed by atoms with van der Waals surface area (Å²) in [4.78, 5) is 28.3. The number of ketones is 1. The molecule has 1 aromatic carbocycles. The van der Waals surface area contributed by atoms with Gasteiger partial charge in [-0.3, -0.25) is 14.5 Å². The molecular weight excluding hydrogens is 346 g/mol. The van der Waals surface area contributed by atoms with Gasteiger partial charge in [-0.25, -0.2) is 0 Å². The molecule has 0 spiro atoms. The number of nitrogens with zero attached hydrogens (tertiary/aromatic N) is 1. The molecule has 3 rings (SSSR count). The average Bonchev–Trinajstić information content (AvgIpc) is 3.17. The van der Waals surface area contributed by atoms with Crippen LogP contribution in [0.1, 0.15) is 42.8 Å². The number of carbonyl (C=O) groups excluding carboxylic acids is 2. The lowest BCUT2D eigenvalue weighted by molar-refractivity contribution is -0.123. The van der Waals surface area contributed by atoms with Crippen LogP contribution in [0.4, 0.5) is 5.69 Å². The minimum absolute atomic E-state index is 0.183. The van der Waals surface area contributed by atoms with Gasteiger partial charge in [-0.2, -0.15) is 0 Å². The van der Waals surface area contributed by atoms with Crippen LogP contribution in [0.15, 0.2) is 47.0 Å². The number of hydrogen-bond donors (Lipinski definition) is 1. The molecule has 136 valence electrons. The molecule has 2 aromatic rings. The molecule has 0 fully saturated rings. The first-order valence-electron chi connectivity index (χ1n) is 8.55. The molecule has 0 saturated carbocycles. The van der Waals surface area contributed by atoms with E-state index >= 15 is 0 Å². The van der Waals surface area contributed by atoms with Crippen molar-refractivity contribution in [2.24, 2.45) is 5.41 Å². The predicted molar refractivity (Wildman–Crippen MR) is 105 cm³/mol. The standard InChI is InChI=1S/C21H23NO3S/c1-12-8-9-14(11-13(12)2)22-17(15-7-6-10-26-15)16(18(23)20(22)25)19(24)21(3,4)5/h6-11,17,23H,1-5H3. The van der Waals surface area contributed by atoms with Crippen LogP contribution in [-0.2, 0) is 9.59 Å². The number of anilines is 1. The molecular formula is C21H23NO3S. The van der Waals surface area contributed by atoms with Crippen molar-refractivity contribution in [3.05, 3.63) is 63.0 Å². The molecule has 1 atom stereocenters. The van der Waals surface area contributed by atoms with Gasteiger partial charge >= 0.3 is 0 Å². The average molecular weight is 369 g/mol. The fourth-order valence-electron chi connectivity index (χ4n) is 3.10. The van der Waals surface area contributed by atoms with E-state index in [0.29, 0.717) is 5.69 Å². The van der Waals surface area contributed by atoms with Crippen molar-refractivity contribution in [2.45, 2.75) is 40.7 Å². The Bertz CT molecular complexity index is 904. The van der Waals surface area contributed by atoms with Gasteiger partial charge in [-0.05, 0) is 48.6 Å². The number of aliphatic hydroxyl groups is 1. The van der Waals surface area contributed by atoms with Gasteiger partial charge in [0.25, 0.3) is 5.91 Å². The van der Waals surface area contributed by atoms with Gasteiger partial charge in [-0.15, -0.1) is 11.3 Å². The highest BCUT2D eigenvalue weighted by Gasteiger charge is 2.47. The zero-order valence-electron chi connectivity index (χ0n) is 15.7. The molecule has 1 amide bonds. The van der Waals surface area contributed by atoms with Crippen LogP contribution in [0.25, 0.3) is 0 Å². The highest BCUT2D eigenvalue weighted by molar-refractivity contribution is 7.10. The summed E-state index contributed by atoms with van der Waals surface area (Å²) in [5, 5.41) is 12.5. The van der Waals surface area contributed by atoms with Crippen molar-refractivity contribution < 1.29 is 14.7 Å².